The van der Waals surface area contributed by atoms with Gasteiger partial charge in [-0.1, -0.05) is 0 Å². The number of benzene rings is 1. The van der Waals surface area contributed by atoms with E-state index in [-0.39, 0.29) is 36.1 Å². The van der Waals surface area contributed by atoms with Gasteiger partial charge in [-0.05, 0) is 37.5 Å². The average Bonchev–Trinajstić information content (AvgIpc) is 3.53. The summed E-state index contributed by atoms with van der Waals surface area (Å²) in [4.78, 5) is 27.5. The SMILES string of the molecule is CN1NC2NC(NC(=O)C3CC3)CC(Nc3ccc(N4CCC4)cc3N(C)S(C)(=O)=O)C2C1=O. The van der Waals surface area contributed by atoms with Crippen molar-refractivity contribution in [2.75, 3.05) is 48.0 Å². The zero-order valence-corrected chi connectivity index (χ0v) is 20.6. The van der Waals surface area contributed by atoms with Crippen molar-refractivity contribution >= 4 is 38.9 Å². The van der Waals surface area contributed by atoms with Gasteiger partial charge in [0, 0.05) is 51.3 Å². The van der Waals surface area contributed by atoms with Crippen LogP contribution in [-0.2, 0) is 19.6 Å². The lowest BCUT2D eigenvalue weighted by Gasteiger charge is -2.39. The molecule has 186 valence electrons. The van der Waals surface area contributed by atoms with Crippen LogP contribution in [0.25, 0.3) is 0 Å². The Labute approximate surface area is 200 Å². The first-order valence-electron chi connectivity index (χ1n) is 11.8. The van der Waals surface area contributed by atoms with Gasteiger partial charge in [-0.15, -0.1) is 0 Å². The number of nitrogens with one attached hydrogen (secondary N) is 4. The molecule has 1 aromatic carbocycles. The lowest BCUT2D eigenvalue weighted by molar-refractivity contribution is -0.131. The molecule has 3 heterocycles. The summed E-state index contributed by atoms with van der Waals surface area (Å²) in [5.41, 5.74) is 5.28. The van der Waals surface area contributed by atoms with Crippen LogP contribution in [0.3, 0.4) is 0 Å². The molecule has 4 unspecified atom stereocenters. The highest BCUT2D eigenvalue weighted by Gasteiger charge is 2.49. The summed E-state index contributed by atoms with van der Waals surface area (Å²) in [6.07, 6.45) is 3.95. The van der Waals surface area contributed by atoms with Crippen LogP contribution in [-0.4, -0.2) is 77.1 Å². The number of hydrazine groups is 1. The largest absolute Gasteiger partial charge is 0.380 e. The molecule has 4 aliphatic rings. The fraction of sp³-hybridized carbons (Fsp3) is 0.636. The quantitative estimate of drug-likeness (QED) is 0.415. The topological polar surface area (TPSA) is 126 Å². The van der Waals surface area contributed by atoms with Gasteiger partial charge in [0.2, 0.25) is 21.8 Å². The van der Waals surface area contributed by atoms with Crippen LogP contribution in [0.5, 0.6) is 0 Å². The Hall–Kier alpha value is -2.57. The summed E-state index contributed by atoms with van der Waals surface area (Å²) in [5.74, 6) is -0.359. The fourth-order valence-electron chi connectivity index (χ4n) is 4.89. The van der Waals surface area contributed by atoms with Crippen molar-refractivity contribution in [2.24, 2.45) is 11.8 Å². The van der Waals surface area contributed by atoms with Gasteiger partial charge in [-0.3, -0.25) is 24.2 Å². The van der Waals surface area contributed by atoms with Gasteiger partial charge in [0.1, 0.15) is 0 Å². The molecule has 1 aliphatic carbocycles. The molecule has 0 spiro atoms. The van der Waals surface area contributed by atoms with Crippen molar-refractivity contribution < 1.29 is 18.0 Å². The van der Waals surface area contributed by atoms with Crippen LogP contribution in [0, 0.1) is 11.8 Å². The summed E-state index contributed by atoms with van der Waals surface area (Å²) in [7, 11) is -0.279. The molecule has 4 N–H and O–H groups in total. The zero-order chi connectivity index (χ0) is 24.2. The van der Waals surface area contributed by atoms with Crippen LogP contribution < -0.4 is 30.6 Å². The molecule has 5 rings (SSSR count). The molecule has 0 aromatic heterocycles. The number of sulfonamides is 1. The Kier molecular flexibility index (Phi) is 5.85. The van der Waals surface area contributed by atoms with E-state index in [9.17, 15) is 18.0 Å². The van der Waals surface area contributed by atoms with E-state index in [1.807, 2.05) is 18.2 Å². The van der Waals surface area contributed by atoms with Crippen LogP contribution in [0.4, 0.5) is 17.1 Å². The van der Waals surface area contributed by atoms with Crippen LogP contribution >= 0.6 is 0 Å². The third-order valence-corrected chi connectivity index (χ3v) is 8.45. The highest BCUT2D eigenvalue weighted by molar-refractivity contribution is 7.92. The maximum atomic E-state index is 12.9. The van der Waals surface area contributed by atoms with Gasteiger partial charge >= 0.3 is 0 Å². The van der Waals surface area contributed by atoms with Crippen molar-refractivity contribution in [2.45, 2.75) is 44.1 Å². The van der Waals surface area contributed by atoms with E-state index in [0.29, 0.717) is 17.8 Å². The van der Waals surface area contributed by atoms with Gasteiger partial charge in [0.25, 0.3) is 0 Å². The summed E-state index contributed by atoms with van der Waals surface area (Å²) >= 11 is 0. The third-order valence-electron chi connectivity index (χ3n) is 7.26. The molecule has 34 heavy (non-hydrogen) atoms. The summed E-state index contributed by atoms with van der Waals surface area (Å²) < 4.78 is 26.1. The highest BCUT2D eigenvalue weighted by atomic mass is 32.2. The lowest BCUT2D eigenvalue weighted by atomic mass is 9.88. The Bertz CT molecular complexity index is 1090. The Balaban J connectivity index is 1.44. The number of fused-ring (bicyclic) bond motifs is 1. The maximum absolute atomic E-state index is 12.9. The minimum Gasteiger partial charge on any atom is -0.380 e. The standard InChI is InChI=1S/C22H33N7O4S/c1-27-22(31)19-16(12-18(24-20(19)26-27)25-21(30)13-5-6-13)23-15-8-7-14(29-9-4-10-29)11-17(15)28(2)34(3,32)33/h7-8,11,13,16,18-20,23-24,26H,4-6,9-10,12H2,1-3H3,(H,25,30). The lowest BCUT2D eigenvalue weighted by Crippen LogP contribution is -2.63. The Morgan fingerprint density at radius 2 is 1.97 bits per heavy atom. The molecule has 0 bridgehead atoms. The van der Waals surface area contributed by atoms with Crippen LogP contribution in [0.2, 0.25) is 0 Å². The number of rotatable bonds is 7. The molecule has 1 saturated carbocycles. The fourth-order valence-corrected chi connectivity index (χ4v) is 5.39. The Morgan fingerprint density at radius 3 is 2.59 bits per heavy atom. The van der Waals surface area contributed by atoms with Crippen molar-refractivity contribution in [1.29, 1.82) is 0 Å². The second-order valence-electron chi connectivity index (χ2n) is 9.79. The number of nitrogens with zero attached hydrogens (tertiary/aromatic N) is 3. The van der Waals surface area contributed by atoms with Gasteiger partial charge in [-0.2, -0.15) is 0 Å². The number of anilines is 3. The number of piperidine rings is 1. The number of amides is 2. The highest BCUT2D eigenvalue weighted by Crippen LogP contribution is 2.36. The molecule has 11 nitrogen and oxygen atoms in total. The number of carbonyl (C=O) groups excluding carboxylic acids is 2. The molecule has 2 amide bonds. The van der Waals surface area contributed by atoms with E-state index in [1.165, 1.54) is 22.6 Å². The van der Waals surface area contributed by atoms with E-state index in [2.05, 4.69) is 26.3 Å². The molecule has 3 aliphatic heterocycles. The normalized spacial score (nSPS) is 28.9. The van der Waals surface area contributed by atoms with Gasteiger partial charge in [-0.25, -0.2) is 13.8 Å². The van der Waals surface area contributed by atoms with Gasteiger partial charge < -0.3 is 15.5 Å². The second kappa shape index (κ2) is 8.58. The van der Waals surface area contributed by atoms with Crippen molar-refractivity contribution in [3.05, 3.63) is 18.2 Å². The second-order valence-corrected chi connectivity index (χ2v) is 11.8. The molecule has 4 atom stereocenters. The number of hydrogen-bond acceptors (Lipinski definition) is 8. The molecule has 1 aromatic rings. The summed E-state index contributed by atoms with van der Waals surface area (Å²) in [5, 5.41) is 11.4. The first-order valence-corrected chi connectivity index (χ1v) is 13.7. The zero-order valence-electron chi connectivity index (χ0n) is 19.7. The average molecular weight is 492 g/mol. The minimum absolute atomic E-state index is 0.0313. The summed E-state index contributed by atoms with van der Waals surface area (Å²) in [6.45, 7) is 1.89. The molecule has 4 fully saturated rings. The molecular formula is C22H33N7O4S. The summed E-state index contributed by atoms with van der Waals surface area (Å²) in [6, 6.07) is 5.43. The maximum Gasteiger partial charge on any atom is 0.244 e. The van der Waals surface area contributed by atoms with Crippen molar-refractivity contribution in [1.82, 2.24) is 21.1 Å². The first-order chi connectivity index (χ1) is 16.1. The predicted molar refractivity (Wildman–Crippen MR) is 130 cm³/mol. The van der Waals surface area contributed by atoms with E-state index in [1.54, 1.807) is 7.05 Å². The first kappa shape index (κ1) is 23.2. The van der Waals surface area contributed by atoms with E-state index in [4.69, 9.17) is 0 Å². The van der Waals surface area contributed by atoms with E-state index < -0.39 is 15.9 Å². The van der Waals surface area contributed by atoms with Crippen molar-refractivity contribution in [3.63, 3.8) is 0 Å². The third kappa shape index (κ3) is 4.41. The predicted octanol–water partition coefficient (Wildman–Crippen LogP) is -0.162. The minimum atomic E-state index is -3.50. The molecular weight excluding hydrogens is 458 g/mol. The number of hydrogen-bond donors (Lipinski definition) is 4. The molecule has 3 saturated heterocycles. The van der Waals surface area contributed by atoms with Crippen LogP contribution in [0.15, 0.2) is 18.2 Å². The molecule has 0 radical (unpaired) electrons. The molecule has 12 heteroatoms. The van der Waals surface area contributed by atoms with Gasteiger partial charge in [0.05, 0.1) is 35.9 Å². The monoisotopic (exact) mass is 491 g/mol. The number of carbonyl (C=O) groups is 2. The van der Waals surface area contributed by atoms with E-state index >= 15 is 0 Å². The van der Waals surface area contributed by atoms with Crippen LogP contribution in [0.1, 0.15) is 25.7 Å². The smallest absolute Gasteiger partial charge is 0.244 e. The Morgan fingerprint density at radius 1 is 1.24 bits per heavy atom. The van der Waals surface area contributed by atoms with Gasteiger partial charge in [0.15, 0.2) is 0 Å². The van der Waals surface area contributed by atoms with E-state index in [0.717, 1.165) is 38.0 Å². The van der Waals surface area contributed by atoms with Crippen molar-refractivity contribution in [3.8, 4) is 0 Å².